The number of ether oxygens (including phenoxy) is 1. The third kappa shape index (κ3) is 2.78. The molecule has 0 aliphatic heterocycles. The summed E-state index contributed by atoms with van der Waals surface area (Å²) >= 11 is 6.09. The summed E-state index contributed by atoms with van der Waals surface area (Å²) < 4.78 is 18.5. The molecule has 1 N–H and O–H groups in total. The van der Waals surface area contributed by atoms with Crippen molar-refractivity contribution < 1.29 is 9.13 Å². The molecule has 0 bridgehead atoms. The van der Waals surface area contributed by atoms with Gasteiger partial charge in [-0.15, -0.1) is 0 Å². The summed E-state index contributed by atoms with van der Waals surface area (Å²) in [6.07, 6.45) is 1.29. The van der Waals surface area contributed by atoms with Crippen molar-refractivity contribution in [3.05, 3.63) is 34.6 Å². The molecule has 1 aliphatic rings. The molecule has 0 saturated heterocycles. The van der Waals surface area contributed by atoms with Gasteiger partial charge >= 0.3 is 0 Å². The number of halogens is 2. The molecule has 19 heavy (non-hydrogen) atoms. The zero-order valence-corrected chi connectivity index (χ0v) is 12.6. The van der Waals surface area contributed by atoms with Crippen LogP contribution in [-0.2, 0) is 4.74 Å². The summed E-state index contributed by atoms with van der Waals surface area (Å²) in [6.45, 7) is 6.44. The highest BCUT2D eigenvalue weighted by Gasteiger charge is 2.48. The molecule has 3 atom stereocenters. The van der Waals surface area contributed by atoms with Crippen LogP contribution in [0, 0.1) is 11.2 Å². The Morgan fingerprint density at radius 2 is 2.16 bits per heavy atom. The normalized spacial score (nSPS) is 26.8. The fourth-order valence-electron chi connectivity index (χ4n) is 2.81. The Morgan fingerprint density at radius 1 is 1.47 bits per heavy atom. The maximum absolute atomic E-state index is 13.0. The Balaban J connectivity index is 2.04. The number of nitrogens with one attached hydrogen (secondary N) is 1. The minimum Gasteiger partial charge on any atom is -0.381 e. The second kappa shape index (κ2) is 5.39. The van der Waals surface area contributed by atoms with Crippen LogP contribution in [0.1, 0.15) is 38.8 Å². The van der Waals surface area contributed by atoms with Crippen LogP contribution in [0.3, 0.4) is 0 Å². The van der Waals surface area contributed by atoms with Gasteiger partial charge in [0.2, 0.25) is 0 Å². The summed E-state index contributed by atoms with van der Waals surface area (Å²) in [5.74, 6) is -0.302. The third-order valence-electron chi connectivity index (χ3n) is 4.34. The number of rotatable bonds is 4. The van der Waals surface area contributed by atoms with Gasteiger partial charge in [-0.3, -0.25) is 0 Å². The lowest BCUT2D eigenvalue weighted by Gasteiger charge is -2.52. The van der Waals surface area contributed by atoms with Gasteiger partial charge < -0.3 is 10.1 Å². The minimum absolute atomic E-state index is 0.0928. The molecule has 1 aromatic carbocycles. The molecule has 1 saturated carbocycles. The smallest absolute Gasteiger partial charge is 0.124 e. The van der Waals surface area contributed by atoms with Crippen molar-refractivity contribution in [1.29, 1.82) is 0 Å². The van der Waals surface area contributed by atoms with Gasteiger partial charge in [-0.25, -0.2) is 4.39 Å². The molecule has 0 aromatic heterocycles. The third-order valence-corrected chi connectivity index (χ3v) is 4.67. The zero-order chi connectivity index (χ0) is 14.2. The second-order valence-corrected chi connectivity index (χ2v) is 6.30. The van der Waals surface area contributed by atoms with Crippen LogP contribution >= 0.6 is 11.6 Å². The second-order valence-electron chi connectivity index (χ2n) is 5.89. The van der Waals surface area contributed by atoms with E-state index in [2.05, 4.69) is 26.1 Å². The molecule has 0 heterocycles. The standard InChI is InChI=1S/C15H21ClFNO/c1-9(11-6-5-10(17)7-12(11)16)18-13-8-14(19-4)15(13,2)3/h5-7,9,13-14,18H,8H2,1-4H3. The Morgan fingerprint density at radius 3 is 2.68 bits per heavy atom. The van der Waals surface area contributed by atoms with Crippen molar-refractivity contribution in [2.75, 3.05) is 7.11 Å². The van der Waals surface area contributed by atoms with Crippen LogP contribution in [0.15, 0.2) is 18.2 Å². The monoisotopic (exact) mass is 285 g/mol. The van der Waals surface area contributed by atoms with Gasteiger partial charge in [-0.05, 0) is 31.0 Å². The van der Waals surface area contributed by atoms with E-state index in [1.807, 2.05) is 0 Å². The average molecular weight is 286 g/mol. The van der Waals surface area contributed by atoms with Crippen molar-refractivity contribution in [2.45, 2.75) is 45.4 Å². The molecule has 1 aliphatic carbocycles. The van der Waals surface area contributed by atoms with E-state index in [0.717, 1.165) is 12.0 Å². The first-order valence-electron chi connectivity index (χ1n) is 6.60. The van der Waals surface area contributed by atoms with Gasteiger partial charge in [0.25, 0.3) is 0 Å². The first-order chi connectivity index (χ1) is 8.86. The summed E-state index contributed by atoms with van der Waals surface area (Å²) in [4.78, 5) is 0. The highest BCUT2D eigenvalue weighted by molar-refractivity contribution is 6.31. The lowest BCUT2D eigenvalue weighted by atomic mass is 9.64. The Kier molecular flexibility index (Phi) is 4.19. The lowest BCUT2D eigenvalue weighted by Crippen LogP contribution is -2.60. The molecule has 1 aromatic rings. The first-order valence-corrected chi connectivity index (χ1v) is 6.98. The van der Waals surface area contributed by atoms with Crippen LogP contribution in [0.25, 0.3) is 0 Å². The Bertz CT molecular complexity index is 463. The summed E-state index contributed by atoms with van der Waals surface area (Å²) in [6, 6.07) is 5.03. The molecule has 3 unspecified atom stereocenters. The van der Waals surface area contributed by atoms with E-state index in [-0.39, 0.29) is 17.3 Å². The SMILES string of the molecule is COC1CC(NC(C)c2ccc(F)cc2Cl)C1(C)C. The number of hydrogen-bond acceptors (Lipinski definition) is 2. The zero-order valence-electron chi connectivity index (χ0n) is 11.8. The summed E-state index contributed by atoms with van der Waals surface area (Å²) in [5.41, 5.74) is 1.04. The van der Waals surface area contributed by atoms with E-state index in [1.165, 1.54) is 12.1 Å². The topological polar surface area (TPSA) is 21.3 Å². The highest BCUT2D eigenvalue weighted by atomic mass is 35.5. The van der Waals surface area contributed by atoms with E-state index >= 15 is 0 Å². The van der Waals surface area contributed by atoms with Crippen LogP contribution in [-0.4, -0.2) is 19.3 Å². The van der Waals surface area contributed by atoms with Crippen LogP contribution in [0.2, 0.25) is 5.02 Å². The molecule has 2 rings (SSSR count). The van der Waals surface area contributed by atoms with Gasteiger partial charge in [-0.1, -0.05) is 31.5 Å². The van der Waals surface area contributed by atoms with Gasteiger partial charge in [0.15, 0.2) is 0 Å². The molecular weight excluding hydrogens is 265 g/mol. The van der Waals surface area contributed by atoms with Gasteiger partial charge in [-0.2, -0.15) is 0 Å². The predicted molar refractivity (Wildman–Crippen MR) is 75.9 cm³/mol. The highest BCUT2D eigenvalue weighted by Crippen LogP contribution is 2.43. The van der Waals surface area contributed by atoms with Crippen molar-refractivity contribution in [2.24, 2.45) is 5.41 Å². The van der Waals surface area contributed by atoms with E-state index in [9.17, 15) is 4.39 Å². The number of benzene rings is 1. The van der Waals surface area contributed by atoms with Crippen LogP contribution < -0.4 is 5.32 Å². The van der Waals surface area contributed by atoms with E-state index in [4.69, 9.17) is 16.3 Å². The van der Waals surface area contributed by atoms with Crippen molar-refractivity contribution in [3.63, 3.8) is 0 Å². The number of hydrogen-bond donors (Lipinski definition) is 1. The summed E-state index contributed by atoms with van der Waals surface area (Å²) in [7, 11) is 1.75. The summed E-state index contributed by atoms with van der Waals surface area (Å²) in [5, 5.41) is 4.03. The Hall–Kier alpha value is -0.640. The van der Waals surface area contributed by atoms with Crippen molar-refractivity contribution >= 4 is 11.6 Å². The molecule has 4 heteroatoms. The van der Waals surface area contributed by atoms with Crippen molar-refractivity contribution in [1.82, 2.24) is 5.32 Å². The van der Waals surface area contributed by atoms with E-state index < -0.39 is 0 Å². The largest absolute Gasteiger partial charge is 0.381 e. The molecule has 0 amide bonds. The predicted octanol–water partition coefficient (Wildman–Crippen LogP) is 3.94. The quantitative estimate of drug-likeness (QED) is 0.905. The number of methoxy groups -OCH3 is 1. The van der Waals surface area contributed by atoms with Crippen molar-refractivity contribution in [3.8, 4) is 0 Å². The fourth-order valence-corrected chi connectivity index (χ4v) is 3.14. The molecule has 0 spiro atoms. The Labute approximate surface area is 119 Å². The maximum Gasteiger partial charge on any atom is 0.124 e. The molecular formula is C15H21ClFNO. The van der Waals surface area contributed by atoms with Gasteiger partial charge in [0.05, 0.1) is 6.10 Å². The first kappa shape index (κ1) is 14.8. The van der Waals surface area contributed by atoms with E-state index in [0.29, 0.717) is 17.2 Å². The van der Waals surface area contributed by atoms with E-state index in [1.54, 1.807) is 13.2 Å². The van der Waals surface area contributed by atoms with Crippen LogP contribution in [0.4, 0.5) is 4.39 Å². The van der Waals surface area contributed by atoms with Gasteiger partial charge in [0.1, 0.15) is 5.82 Å². The average Bonchev–Trinajstić information content (AvgIpc) is 2.33. The fraction of sp³-hybridized carbons (Fsp3) is 0.600. The molecule has 0 radical (unpaired) electrons. The maximum atomic E-state index is 13.0. The lowest BCUT2D eigenvalue weighted by molar-refractivity contribution is -0.0999. The molecule has 1 fully saturated rings. The molecule has 2 nitrogen and oxygen atoms in total. The van der Waals surface area contributed by atoms with Gasteiger partial charge in [0, 0.05) is 29.6 Å². The van der Waals surface area contributed by atoms with Crippen LogP contribution in [0.5, 0.6) is 0 Å². The molecule has 106 valence electrons. The minimum atomic E-state index is -0.302.